The highest BCUT2D eigenvalue weighted by Gasteiger charge is 2.23. The number of hydrogen-bond donors (Lipinski definition) is 2. The maximum absolute atomic E-state index is 12.6. The number of nitrogens with zero attached hydrogens (tertiary/aromatic N) is 1. The minimum atomic E-state index is -0.302. The van der Waals surface area contributed by atoms with Gasteiger partial charge in [0.1, 0.15) is 12.4 Å². The number of rotatable bonds is 7. The van der Waals surface area contributed by atoms with Gasteiger partial charge in [0.2, 0.25) is 11.8 Å². The summed E-state index contributed by atoms with van der Waals surface area (Å²) in [4.78, 5) is 38.6. The van der Waals surface area contributed by atoms with Crippen molar-refractivity contribution in [3.05, 3.63) is 53.1 Å². The maximum Gasteiger partial charge on any atom is 0.252 e. The van der Waals surface area contributed by atoms with Gasteiger partial charge in [-0.15, -0.1) is 0 Å². The first-order chi connectivity index (χ1) is 14.5. The molecular weight excluding hydrogens is 406 g/mol. The van der Waals surface area contributed by atoms with Gasteiger partial charge < -0.3 is 20.3 Å². The van der Waals surface area contributed by atoms with Crippen LogP contribution in [0.2, 0.25) is 5.02 Å². The van der Waals surface area contributed by atoms with Crippen molar-refractivity contribution in [2.45, 2.75) is 26.2 Å². The second kappa shape index (κ2) is 10.1. The van der Waals surface area contributed by atoms with Crippen LogP contribution in [0.1, 0.15) is 36.5 Å². The Balaban J connectivity index is 1.54. The molecule has 2 aromatic carbocycles. The van der Waals surface area contributed by atoms with Crippen molar-refractivity contribution >= 4 is 40.7 Å². The number of carbonyl (C=O) groups is 3. The maximum atomic E-state index is 12.6. The average molecular weight is 430 g/mol. The molecule has 0 saturated heterocycles. The lowest BCUT2D eigenvalue weighted by atomic mass is 10.1. The van der Waals surface area contributed by atoms with E-state index in [4.69, 9.17) is 16.3 Å². The minimum Gasteiger partial charge on any atom is -0.490 e. The third-order valence-corrected chi connectivity index (χ3v) is 4.94. The summed E-state index contributed by atoms with van der Waals surface area (Å²) in [5.74, 6) is -0.0265. The normalized spacial score (nSPS) is 12.5. The molecule has 2 aromatic rings. The topological polar surface area (TPSA) is 87.7 Å². The van der Waals surface area contributed by atoms with Gasteiger partial charge in [0.15, 0.2) is 0 Å². The van der Waals surface area contributed by atoms with E-state index in [1.807, 2.05) is 31.2 Å². The van der Waals surface area contributed by atoms with E-state index in [9.17, 15) is 14.4 Å². The molecule has 0 atom stereocenters. The van der Waals surface area contributed by atoms with Gasteiger partial charge in [-0.2, -0.15) is 0 Å². The molecule has 0 saturated carbocycles. The van der Waals surface area contributed by atoms with Gasteiger partial charge in [0.25, 0.3) is 5.91 Å². The summed E-state index contributed by atoms with van der Waals surface area (Å²) < 4.78 is 5.55. The molecule has 0 unspecified atom stereocenters. The molecule has 30 heavy (non-hydrogen) atoms. The molecule has 3 amide bonds. The Morgan fingerprint density at radius 2 is 1.93 bits per heavy atom. The Bertz CT molecular complexity index is 948. The molecule has 7 nitrogen and oxygen atoms in total. The highest BCUT2D eigenvalue weighted by molar-refractivity contribution is 6.34. The van der Waals surface area contributed by atoms with Crippen LogP contribution in [0.5, 0.6) is 5.75 Å². The summed E-state index contributed by atoms with van der Waals surface area (Å²) in [6.45, 7) is 3.40. The lowest BCUT2D eigenvalue weighted by Gasteiger charge is -2.29. The number of ether oxygens (including phenoxy) is 1. The Morgan fingerprint density at radius 1 is 1.13 bits per heavy atom. The molecule has 3 rings (SSSR count). The van der Waals surface area contributed by atoms with Crippen molar-refractivity contribution in [1.29, 1.82) is 0 Å². The summed E-state index contributed by atoms with van der Waals surface area (Å²) in [6, 6.07) is 12.0. The van der Waals surface area contributed by atoms with Crippen LogP contribution in [0.3, 0.4) is 0 Å². The fourth-order valence-corrected chi connectivity index (χ4v) is 3.38. The third-order valence-electron chi connectivity index (χ3n) is 4.63. The van der Waals surface area contributed by atoms with Gasteiger partial charge in [-0.25, -0.2) is 0 Å². The van der Waals surface area contributed by atoms with E-state index >= 15 is 0 Å². The third kappa shape index (κ3) is 5.30. The zero-order valence-electron chi connectivity index (χ0n) is 16.7. The van der Waals surface area contributed by atoms with E-state index in [2.05, 4.69) is 10.6 Å². The van der Waals surface area contributed by atoms with E-state index < -0.39 is 0 Å². The van der Waals surface area contributed by atoms with Crippen molar-refractivity contribution < 1.29 is 19.1 Å². The van der Waals surface area contributed by atoms with Crippen LogP contribution in [0.4, 0.5) is 11.4 Å². The SMILES string of the molecule is CCCNC(=O)c1ccc(NC(=O)CCC(=O)N2CCOc3ccccc32)cc1Cl. The Kier molecular flexibility index (Phi) is 7.30. The number of carbonyl (C=O) groups excluding carboxylic acids is 3. The second-order valence-corrected chi connectivity index (χ2v) is 7.27. The molecule has 2 N–H and O–H groups in total. The molecule has 0 radical (unpaired) electrons. The van der Waals surface area contributed by atoms with Gasteiger partial charge in [0, 0.05) is 25.1 Å². The van der Waals surface area contributed by atoms with Crippen molar-refractivity contribution in [2.75, 3.05) is 29.9 Å². The van der Waals surface area contributed by atoms with E-state index in [0.717, 1.165) is 12.1 Å². The fourth-order valence-electron chi connectivity index (χ4n) is 3.12. The van der Waals surface area contributed by atoms with Crippen LogP contribution in [0.15, 0.2) is 42.5 Å². The van der Waals surface area contributed by atoms with Crippen molar-refractivity contribution in [2.24, 2.45) is 0 Å². The average Bonchev–Trinajstić information content (AvgIpc) is 2.75. The van der Waals surface area contributed by atoms with Gasteiger partial charge >= 0.3 is 0 Å². The second-order valence-electron chi connectivity index (χ2n) is 6.86. The molecule has 1 aliphatic heterocycles. The van der Waals surface area contributed by atoms with Gasteiger partial charge in [-0.05, 0) is 36.8 Å². The van der Waals surface area contributed by atoms with Gasteiger partial charge in [0.05, 0.1) is 22.8 Å². The number of para-hydroxylation sites is 2. The summed E-state index contributed by atoms with van der Waals surface area (Å²) >= 11 is 6.18. The number of nitrogens with one attached hydrogen (secondary N) is 2. The lowest BCUT2D eigenvalue weighted by Crippen LogP contribution is -2.38. The molecule has 158 valence electrons. The zero-order valence-corrected chi connectivity index (χ0v) is 17.5. The highest BCUT2D eigenvalue weighted by atomic mass is 35.5. The molecular formula is C22H24ClN3O4. The summed E-state index contributed by atoms with van der Waals surface area (Å²) in [5.41, 5.74) is 1.54. The van der Waals surface area contributed by atoms with Crippen molar-refractivity contribution in [1.82, 2.24) is 5.32 Å². The van der Waals surface area contributed by atoms with Crippen molar-refractivity contribution in [3.8, 4) is 5.75 Å². The number of benzene rings is 2. The quantitative estimate of drug-likeness (QED) is 0.703. The number of hydrogen-bond acceptors (Lipinski definition) is 4. The number of fused-ring (bicyclic) bond motifs is 1. The van der Waals surface area contributed by atoms with Crippen LogP contribution >= 0.6 is 11.6 Å². The Morgan fingerprint density at radius 3 is 2.70 bits per heavy atom. The summed E-state index contributed by atoms with van der Waals surface area (Å²) in [6.07, 6.45) is 0.937. The first kappa shape index (κ1) is 21.6. The standard InChI is InChI=1S/C22H24ClN3O4/c1-2-11-24-22(29)16-8-7-15(14-17(16)23)25-20(27)9-10-21(28)26-12-13-30-19-6-4-3-5-18(19)26/h3-8,14H,2,9-13H2,1H3,(H,24,29)(H,25,27). The molecule has 0 bridgehead atoms. The lowest BCUT2D eigenvalue weighted by molar-refractivity contribution is -0.122. The molecule has 0 fully saturated rings. The number of amides is 3. The van der Waals surface area contributed by atoms with Crippen LogP contribution in [-0.4, -0.2) is 37.4 Å². The van der Waals surface area contributed by atoms with E-state index in [0.29, 0.717) is 36.7 Å². The predicted octanol–water partition coefficient (Wildman–Crippen LogP) is 3.62. The highest BCUT2D eigenvalue weighted by Crippen LogP contribution is 2.31. The van der Waals surface area contributed by atoms with Crippen LogP contribution < -0.4 is 20.3 Å². The fraction of sp³-hybridized carbons (Fsp3) is 0.318. The Labute approximate surface area is 180 Å². The predicted molar refractivity (Wildman–Crippen MR) is 116 cm³/mol. The summed E-state index contributed by atoms with van der Waals surface area (Å²) in [5, 5.41) is 5.73. The van der Waals surface area contributed by atoms with Crippen LogP contribution in [0.25, 0.3) is 0 Å². The van der Waals surface area contributed by atoms with Crippen molar-refractivity contribution in [3.63, 3.8) is 0 Å². The smallest absolute Gasteiger partial charge is 0.252 e. The first-order valence-corrected chi connectivity index (χ1v) is 10.3. The zero-order chi connectivity index (χ0) is 21.5. The molecule has 0 spiro atoms. The van der Waals surface area contributed by atoms with E-state index in [1.54, 1.807) is 17.0 Å². The monoisotopic (exact) mass is 429 g/mol. The Hall–Kier alpha value is -3.06. The first-order valence-electron chi connectivity index (χ1n) is 9.89. The largest absolute Gasteiger partial charge is 0.490 e. The molecule has 0 aromatic heterocycles. The minimum absolute atomic E-state index is 0.0364. The van der Waals surface area contributed by atoms with Gasteiger partial charge in [-0.3, -0.25) is 14.4 Å². The summed E-state index contributed by atoms with van der Waals surface area (Å²) in [7, 11) is 0. The number of anilines is 2. The van der Waals surface area contributed by atoms with E-state index in [-0.39, 0.29) is 35.6 Å². The van der Waals surface area contributed by atoms with Crippen LogP contribution in [0, 0.1) is 0 Å². The molecule has 8 heteroatoms. The van der Waals surface area contributed by atoms with Crippen LogP contribution in [-0.2, 0) is 9.59 Å². The van der Waals surface area contributed by atoms with Gasteiger partial charge in [-0.1, -0.05) is 30.7 Å². The number of halogens is 1. The van der Waals surface area contributed by atoms with E-state index in [1.165, 1.54) is 6.07 Å². The molecule has 1 heterocycles. The molecule has 0 aliphatic carbocycles. The molecule has 1 aliphatic rings.